The third-order valence-corrected chi connectivity index (χ3v) is 4.26. The summed E-state index contributed by atoms with van der Waals surface area (Å²) in [6, 6.07) is 9.35. The lowest BCUT2D eigenvalue weighted by atomic mass is 10.1. The minimum absolute atomic E-state index is 0.156. The maximum Gasteiger partial charge on any atom is 0.256 e. The van der Waals surface area contributed by atoms with Crippen LogP contribution < -0.4 is 5.32 Å². The first-order chi connectivity index (χ1) is 9.38. The number of hydrogen-bond donors (Lipinski definition) is 2. The van der Waals surface area contributed by atoms with Crippen molar-refractivity contribution < 1.29 is 4.79 Å². The summed E-state index contributed by atoms with van der Waals surface area (Å²) in [5.41, 5.74) is 3.43. The highest BCUT2D eigenvalue weighted by Gasteiger charge is 2.13. The Morgan fingerprint density at radius 2 is 1.65 bits per heavy atom. The summed E-state index contributed by atoms with van der Waals surface area (Å²) in [4.78, 5) is 13.0. The Labute approximate surface area is 140 Å². The van der Waals surface area contributed by atoms with Crippen molar-refractivity contribution in [3.05, 3.63) is 56.0 Å². The molecule has 0 aliphatic rings. The fraction of sp³-hybridized carbons (Fsp3) is 0.133. The first-order valence-corrected chi connectivity index (χ1v) is 7.98. The molecule has 1 amide bonds. The molecule has 0 aliphatic heterocycles. The van der Waals surface area contributed by atoms with E-state index >= 15 is 0 Å². The molecule has 0 fully saturated rings. The number of halogens is 2. The molecule has 0 heterocycles. The number of amides is 1. The van der Waals surface area contributed by atoms with Gasteiger partial charge in [0, 0.05) is 19.5 Å². The number of aryl methyl sites for hydroxylation is 2. The molecule has 1 N–H and O–H groups in total. The smallest absolute Gasteiger partial charge is 0.256 e. The zero-order valence-electron chi connectivity index (χ0n) is 11.0. The van der Waals surface area contributed by atoms with Gasteiger partial charge in [-0.1, -0.05) is 31.9 Å². The van der Waals surface area contributed by atoms with Crippen molar-refractivity contribution in [3.63, 3.8) is 0 Å². The predicted octanol–water partition coefficient (Wildman–Crippen LogP) is 5.37. The number of carbonyl (C=O) groups is 1. The topological polar surface area (TPSA) is 29.1 Å². The van der Waals surface area contributed by atoms with Gasteiger partial charge in [-0.25, -0.2) is 0 Å². The van der Waals surface area contributed by atoms with E-state index in [9.17, 15) is 4.79 Å². The van der Waals surface area contributed by atoms with Gasteiger partial charge in [-0.2, -0.15) is 0 Å². The summed E-state index contributed by atoms with van der Waals surface area (Å²) >= 11 is 11.1. The quantitative estimate of drug-likeness (QED) is 0.635. The number of carbonyl (C=O) groups excluding carboxylic acids is 1. The maximum atomic E-state index is 12.3. The molecule has 0 atom stereocenters. The van der Waals surface area contributed by atoms with Crippen LogP contribution in [0.5, 0.6) is 0 Å². The van der Waals surface area contributed by atoms with Crippen molar-refractivity contribution in [2.45, 2.75) is 18.7 Å². The van der Waals surface area contributed by atoms with Gasteiger partial charge < -0.3 is 5.32 Å². The highest BCUT2D eigenvalue weighted by Crippen LogP contribution is 2.27. The van der Waals surface area contributed by atoms with Gasteiger partial charge in [-0.3, -0.25) is 4.79 Å². The number of rotatable bonds is 2. The summed E-state index contributed by atoms with van der Waals surface area (Å²) in [7, 11) is 0. The summed E-state index contributed by atoms with van der Waals surface area (Å²) in [5.74, 6) is -0.156. The standard InChI is InChI=1S/C15H13Br2NOS/c1-8-5-11(17)6-9(2)14(8)18-15(19)12-4-3-10(16)7-13(12)20/h3-7,20H,1-2H3,(H,18,19). The highest BCUT2D eigenvalue weighted by molar-refractivity contribution is 9.10. The van der Waals surface area contributed by atoms with Crippen molar-refractivity contribution >= 4 is 56.1 Å². The van der Waals surface area contributed by atoms with Gasteiger partial charge in [-0.15, -0.1) is 12.6 Å². The number of nitrogens with one attached hydrogen (secondary N) is 1. The third kappa shape index (κ3) is 3.45. The SMILES string of the molecule is Cc1cc(Br)cc(C)c1NC(=O)c1ccc(Br)cc1S. The lowest BCUT2D eigenvalue weighted by Gasteiger charge is -2.13. The molecule has 2 aromatic carbocycles. The van der Waals surface area contributed by atoms with Crippen molar-refractivity contribution in [1.82, 2.24) is 0 Å². The van der Waals surface area contributed by atoms with Gasteiger partial charge in [0.15, 0.2) is 0 Å². The van der Waals surface area contributed by atoms with E-state index in [2.05, 4.69) is 49.8 Å². The third-order valence-electron chi connectivity index (χ3n) is 2.94. The molecule has 2 rings (SSSR count). The fourth-order valence-corrected chi connectivity index (χ4v) is 3.53. The summed E-state index contributed by atoms with van der Waals surface area (Å²) in [5, 5.41) is 2.96. The first-order valence-electron chi connectivity index (χ1n) is 5.95. The minimum atomic E-state index is -0.156. The van der Waals surface area contributed by atoms with E-state index in [4.69, 9.17) is 0 Å². The molecule has 0 aromatic heterocycles. The van der Waals surface area contributed by atoms with Crippen molar-refractivity contribution in [3.8, 4) is 0 Å². The lowest BCUT2D eigenvalue weighted by Crippen LogP contribution is -2.14. The average molecular weight is 415 g/mol. The number of thiol groups is 1. The Kier molecular flexibility index (Phi) is 4.94. The average Bonchev–Trinajstić information content (AvgIpc) is 2.33. The zero-order valence-corrected chi connectivity index (χ0v) is 15.1. The van der Waals surface area contributed by atoms with Gasteiger partial charge in [0.05, 0.1) is 5.56 Å². The molecule has 0 aliphatic carbocycles. The molecule has 20 heavy (non-hydrogen) atoms. The fourth-order valence-electron chi connectivity index (χ4n) is 1.99. The van der Waals surface area contributed by atoms with E-state index < -0.39 is 0 Å². The van der Waals surface area contributed by atoms with E-state index in [1.165, 1.54) is 0 Å². The second kappa shape index (κ2) is 6.33. The summed E-state index contributed by atoms with van der Waals surface area (Å²) in [6.45, 7) is 3.94. The molecular weight excluding hydrogens is 402 g/mol. The number of hydrogen-bond acceptors (Lipinski definition) is 2. The monoisotopic (exact) mass is 413 g/mol. The minimum Gasteiger partial charge on any atom is -0.321 e. The first kappa shape index (κ1) is 15.6. The predicted molar refractivity (Wildman–Crippen MR) is 93.0 cm³/mol. The van der Waals surface area contributed by atoms with Crippen LogP contribution in [0.3, 0.4) is 0 Å². The molecule has 104 valence electrons. The van der Waals surface area contributed by atoms with E-state index in [1.807, 2.05) is 32.0 Å². The number of benzene rings is 2. The largest absolute Gasteiger partial charge is 0.321 e. The second-order valence-corrected chi connectivity index (χ2v) is 6.84. The molecule has 0 unspecified atom stereocenters. The van der Waals surface area contributed by atoms with Crippen LogP contribution in [0.2, 0.25) is 0 Å². The van der Waals surface area contributed by atoms with Crippen molar-refractivity contribution in [2.24, 2.45) is 0 Å². The van der Waals surface area contributed by atoms with Crippen LogP contribution in [0.25, 0.3) is 0 Å². The Morgan fingerprint density at radius 1 is 1.05 bits per heavy atom. The van der Waals surface area contributed by atoms with Crippen LogP contribution in [-0.4, -0.2) is 5.91 Å². The van der Waals surface area contributed by atoms with Gasteiger partial charge in [0.25, 0.3) is 5.91 Å². The van der Waals surface area contributed by atoms with E-state index in [0.717, 1.165) is 25.8 Å². The zero-order chi connectivity index (χ0) is 14.9. The van der Waals surface area contributed by atoms with E-state index in [0.29, 0.717) is 10.5 Å². The Bertz CT molecular complexity index is 663. The van der Waals surface area contributed by atoms with Gasteiger partial charge >= 0.3 is 0 Å². The summed E-state index contributed by atoms with van der Waals surface area (Å²) in [6.07, 6.45) is 0. The van der Waals surface area contributed by atoms with Gasteiger partial charge in [-0.05, 0) is 55.3 Å². The molecule has 5 heteroatoms. The maximum absolute atomic E-state index is 12.3. The molecular formula is C15H13Br2NOS. The van der Waals surface area contributed by atoms with Gasteiger partial charge in [0.2, 0.25) is 0 Å². The second-order valence-electron chi connectivity index (χ2n) is 4.53. The van der Waals surface area contributed by atoms with Crippen molar-refractivity contribution in [1.29, 1.82) is 0 Å². The van der Waals surface area contributed by atoms with Crippen molar-refractivity contribution in [2.75, 3.05) is 5.32 Å². The van der Waals surface area contributed by atoms with E-state index in [1.54, 1.807) is 12.1 Å². The molecule has 0 bridgehead atoms. The normalized spacial score (nSPS) is 10.4. The van der Waals surface area contributed by atoms with E-state index in [-0.39, 0.29) is 5.91 Å². The van der Waals surface area contributed by atoms with Crippen LogP contribution in [0.4, 0.5) is 5.69 Å². The van der Waals surface area contributed by atoms with Crippen LogP contribution in [-0.2, 0) is 0 Å². The Morgan fingerprint density at radius 3 is 2.20 bits per heavy atom. The molecule has 0 saturated carbocycles. The molecule has 0 radical (unpaired) electrons. The molecule has 2 nitrogen and oxygen atoms in total. The molecule has 2 aromatic rings. The van der Waals surface area contributed by atoms with Crippen LogP contribution in [0.1, 0.15) is 21.5 Å². The summed E-state index contributed by atoms with van der Waals surface area (Å²) < 4.78 is 1.90. The van der Waals surface area contributed by atoms with Crippen LogP contribution >= 0.6 is 44.5 Å². The Balaban J connectivity index is 2.33. The molecule has 0 spiro atoms. The van der Waals surface area contributed by atoms with Crippen LogP contribution in [0, 0.1) is 13.8 Å². The van der Waals surface area contributed by atoms with Gasteiger partial charge in [0.1, 0.15) is 0 Å². The number of anilines is 1. The molecule has 0 saturated heterocycles. The lowest BCUT2D eigenvalue weighted by molar-refractivity contribution is 0.102. The Hall–Kier alpha value is -0.780. The highest BCUT2D eigenvalue weighted by atomic mass is 79.9. The van der Waals surface area contributed by atoms with Crippen LogP contribution in [0.15, 0.2) is 44.2 Å².